The van der Waals surface area contributed by atoms with Crippen molar-refractivity contribution in [1.82, 2.24) is 10.3 Å². The first-order chi connectivity index (χ1) is 9.58. The van der Waals surface area contributed by atoms with Crippen molar-refractivity contribution in [3.8, 4) is 0 Å². The van der Waals surface area contributed by atoms with Gasteiger partial charge in [-0.15, -0.1) is 0 Å². The number of benzene rings is 1. The molecule has 0 aliphatic rings. The third-order valence-corrected chi connectivity index (χ3v) is 3.08. The molecule has 1 aromatic carbocycles. The van der Waals surface area contributed by atoms with Gasteiger partial charge in [0.1, 0.15) is 0 Å². The Morgan fingerprint density at radius 3 is 2.85 bits per heavy atom. The van der Waals surface area contributed by atoms with E-state index in [1.165, 1.54) is 6.92 Å². The van der Waals surface area contributed by atoms with Crippen molar-refractivity contribution in [3.63, 3.8) is 0 Å². The average Bonchev–Trinajstić information content (AvgIpc) is 2.81. The number of carbonyl (C=O) groups is 2. The van der Waals surface area contributed by atoms with Crippen LogP contribution >= 0.6 is 0 Å². The van der Waals surface area contributed by atoms with Gasteiger partial charge in [-0.2, -0.15) is 0 Å². The number of para-hydroxylation sites is 1. The number of nitrogens with one attached hydrogen (secondary N) is 2. The molecule has 20 heavy (non-hydrogen) atoms. The molecule has 0 aliphatic heterocycles. The predicted octanol–water partition coefficient (Wildman–Crippen LogP) is 1.78. The van der Waals surface area contributed by atoms with Crippen molar-refractivity contribution in [2.24, 2.45) is 0 Å². The smallest absolute Gasteiger partial charge is 0.303 e. The largest absolute Gasteiger partial charge is 0.453 e. The number of rotatable bonds is 5. The van der Waals surface area contributed by atoms with Crippen molar-refractivity contribution in [3.05, 3.63) is 36.0 Å². The Bertz CT molecular complexity index is 618. The maximum atomic E-state index is 11.7. The maximum Gasteiger partial charge on any atom is 0.303 e. The highest BCUT2D eigenvalue weighted by molar-refractivity contribution is 5.84. The van der Waals surface area contributed by atoms with Crippen LogP contribution in [-0.4, -0.2) is 29.5 Å². The van der Waals surface area contributed by atoms with Crippen LogP contribution in [0.4, 0.5) is 0 Å². The quantitative estimate of drug-likeness (QED) is 0.816. The summed E-state index contributed by atoms with van der Waals surface area (Å²) in [5, 5.41) is 3.92. The van der Waals surface area contributed by atoms with Crippen molar-refractivity contribution in [2.45, 2.75) is 26.4 Å². The Morgan fingerprint density at radius 1 is 1.35 bits per heavy atom. The molecule has 5 nitrogen and oxygen atoms in total. The molecule has 0 aliphatic carbocycles. The average molecular weight is 274 g/mol. The fourth-order valence-electron chi connectivity index (χ4n) is 2.11. The van der Waals surface area contributed by atoms with E-state index in [2.05, 4.69) is 10.3 Å². The predicted molar refractivity (Wildman–Crippen MR) is 76.2 cm³/mol. The first-order valence-corrected chi connectivity index (χ1v) is 6.58. The fourth-order valence-corrected chi connectivity index (χ4v) is 2.11. The second kappa shape index (κ2) is 6.23. The van der Waals surface area contributed by atoms with E-state index < -0.39 is 12.1 Å². The molecule has 0 spiro atoms. The van der Waals surface area contributed by atoms with Crippen LogP contribution in [0.3, 0.4) is 0 Å². The highest BCUT2D eigenvalue weighted by Crippen LogP contribution is 2.17. The van der Waals surface area contributed by atoms with Gasteiger partial charge in [-0.1, -0.05) is 18.2 Å². The third kappa shape index (κ3) is 3.38. The number of amides is 1. The molecule has 1 unspecified atom stereocenters. The highest BCUT2D eigenvalue weighted by Gasteiger charge is 2.15. The molecular formula is C15H18N2O3. The Balaban J connectivity index is 1.87. The highest BCUT2D eigenvalue weighted by atomic mass is 16.5. The molecule has 1 atom stereocenters. The first-order valence-electron chi connectivity index (χ1n) is 6.58. The van der Waals surface area contributed by atoms with Crippen LogP contribution in [0.25, 0.3) is 10.9 Å². The minimum Gasteiger partial charge on any atom is -0.453 e. The molecule has 1 amide bonds. The molecule has 106 valence electrons. The zero-order chi connectivity index (χ0) is 14.5. The van der Waals surface area contributed by atoms with E-state index in [4.69, 9.17) is 4.74 Å². The maximum absolute atomic E-state index is 11.7. The lowest BCUT2D eigenvalue weighted by Crippen LogP contribution is -2.36. The second-order valence-corrected chi connectivity index (χ2v) is 4.65. The summed E-state index contributed by atoms with van der Waals surface area (Å²) in [6.07, 6.45) is 1.92. The van der Waals surface area contributed by atoms with Crippen LogP contribution in [0.2, 0.25) is 0 Å². The molecule has 5 heteroatoms. The molecule has 0 bridgehead atoms. The first kappa shape index (κ1) is 14.1. The van der Waals surface area contributed by atoms with Crippen LogP contribution < -0.4 is 5.32 Å². The molecule has 0 radical (unpaired) electrons. The van der Waals surface area contributed by atoms with Crippen LogP contribution in [0.15, 0.2) is 30.5 Å². The van der Waals surface area contributed by atoms with Crippen molar-refractivity contribution < 1.29 is 14.3 Å². The van der Waals surface area contributed by atoms with Gasteiger partial charge in [0.05, 0.1) is 0 Å². The lowest BCUT2D eigenvalue weighted by Gasteiger charge is -2.11. The number of fused-ring (bicyclic) bond motifs is 1. The number of aromatic nitrogens is 1. The lowest BCUT2D eigenvalue weighted by atomic mass is 10.1. The molecular weight excluding hydrogens is 256 g/mol. The van der Waals surface area contributed by atoms with Crippen LogP contribution in [0.5, 0.6) is 0 Å². The van der Waals surface area contributed by atoms with E-state index in [-0.39, 0.29) is 5.91 Å². The summed E-state index contributed by atoms with van der Waals surface area (Å²) in [4.78, 5) is 25.6. The van der Waals surface area contributed by atoms with E-state index in [9.17, 15) is 9.59 Å². The molecule has 2 rings (SSSR count). The van der Waals surface area contributed by atoms with E-state index in [0.717, 1.165) is 22.9 Å². The minimum absolute atomic E-state index is 0.278. The van der Waals surface area contributed by atoms with Gasteiger partial charge in [-0.05, 0) is 25.0 Å². The van der Waals surface area contributed by atoms with Gasteiger partial charge in [-0.3, -0.25) is 9.59 Å². The van der Waals surface area contributed by atoms with Gasteiger partial charge in [0.2, 0.25) is 0 Å². The Morgan fingerprint density at radius 2 is 2.10 bits per heavy atom. The Kier molecular flexibility index (Phi) is 4.40. The van der Waals surface area contributed by atoms with Gasteiger partial charge >= 0.3 is 5.97 Å². The minimum atomic E-state index is -0.754. The summed E-state index contributed by atoms with van der Waals surface area (Å²) in [5.74, 6) is -0.732. The number of esters is 1. The molecule has 0 saturated carbocycles. The van der Waals surface area contributed by atoms with Gasteiger partial charge in [0, 0.05) is 30.6 Å². The Labute approximate surface area is 117 Å². The zero-order valence-electron chi connectivity index (χ0n) is 11.6. The van der Waals surface area contributed by atoms with Crippen LogP contribution in [-0.2, 0) is 20.7 Å². The summed E-state index contributed by atoms with van der Waals surface area (Å²) >= 11 is 0. The topological polar surface area (TPSA) is 71.2 Å². The number of aromatic amines is 1. The lowest BCUT2D eigenvalue weighted by molar-refractivity contribution is -0.152. The van der Waals surface area contributed by atoms with Gasteiger partial charge in [-0.25, -0.2) is 0 Å². The summed E-state index contributed by atoms with van der Waals surface area (Å²) < 4.78 is 4.81. The third-order valence-electron chi connectivity index (χ3n) is 3.08. The molecule has 0 fully saturated rings. The van der Waals surface area contributed by atoms with Crippen molar-refractivity contribution >= 4 is 22.8 Å². The van der Waals surface area contributed by atoms with Gasteiger partial charge in [0.25, 0.3) is 5.91 Å². The van der Waals surface area contributed by atoms with Crippen molar-refractivity contribution in [2.75, 3.05) is 6.54 Å². The monoisotopic (exact) mass is 274 g/mol. The summed E-state index contributed by atoms with van der Waals surface area (Å²) in [6.45, 7) is 3.35. The number of ether oxygens (including phenoxy) is 1. The van der Waals surface area contributed by atoms with E-state index in [1.54, 1.807) is 6.92 Å². The second-order valence-electron chi connectivity index (χ2n) is 4.65. The fraction of sp³-hybridized carbons (Fsp3) is 0.333. The molecule has 0 saturated heterocycles. The SMILES string of the molecule is CC(=O)OC(C)C(=O)NCCc1c[nH]c2ccccc12. The summed E-state index contributed by atoms with van der Waals surface area (Å²) in [6, 6.07) is 8.02. The van der Waals surface area contributed by atoms with E-state index >= 15 is 0 Å². The zero-order valence-corrected chi connectivity index (χ0v) is 11.6. The normalized spacial score (nSPS) is 12.1. The summed E-state index contributed by atoms with van der Waals surface area (Å²) in [7, 11) is 0. The van der Waals surface area contributed by atoms with Crippen LogP contribution in [0.1, 0.15) is 19.4 Å². The molecule has 1 aromatic heterocycles. The summed E-state index contributed by atoms with van der Waals surface area (Å²) in [5.41, 5.74) is 2.24. The number of hydrogen-bond donors (Lipinski definition) is 2. The molecule has 2 N–H and O–H groups in total. The van der Waals surface area contributed by atoms with E-state index in [1.807, 2.05) is 30.5 Å². The number of hydrogen-bond acceptors (Lipinski definition) is 3. The van der Waals surface area contributed by atoms with Crippen LogP contribution in [0, 0.1) is 0 Å². The van der Waals surface area contributed by atoms with Gasteiger partial charge in [0.15, 0.2) is 6.10 Å². The number of carbonyl (C=O) groups excluding carboxylic acids is 2. The van der Waals surface area contributed by atoms with E-state index in [0.29, 0.717) is 6.54 Å². The van der Waals surface area contributed by atoms with Gasteiger partial charge < -0.3 is 15.0 Å². The van der Waals surface area contributed by atoms with Crippen molar-refractivity contribution in [1.29, 1.82) is 0 Å². The molecule has 2 aromatic rings. The molecule has 1 heterocycles. The standard InChI is InChI=1S/C15H18N2O3/c1-10(20-11(2)18)15(19)16-8-7-12-9-17-14-6-4-3-5-13(12)14/h3-6,9-10,17H,7-8H2,1-2H3,(H,16,19). The Hall–Kier alpha value is -2.30. The number of H-pyrrole nitrogens is 1.